The quantitative estimate of drug-likeness (QED) is 0.840. The van der Waals surface area contributed by atoms with Crippen molar-refractivity contribution < 1.29 is 21.6 Å². The van der Waals surface area contributed by atoms with Crippen LogP contribution in [0, 0.1) is 0 Å². The lowest BCUT2D eigenvalue weighted by Crippen LogP contribution is -2.25. The highest BCUT2D eigenvalue weighted by atomic mass is 32.2. The van der Waals surface area contributed by atoms with E-state index in [1.54, 1.807) is 0 Å². The van der Waals surface area contributed by atoms with Gasteiger partial charge in [-0.1, -0.05) is 0 Å². The summed E-state index contributed by atoms with van der Waals surface area (Å²) in [6.45, 7) is 0.165. The zero-order valence-electron chi connectivity index (χ0n) is 10.6. The molecule has 1 heterocycles. The molecule has 1 aromatic carbocycles. The van der Waals surface area contributed by atoms with Crippen molar-refractivity contribution in [3.05, 3.63) is 23.8 Å². The molecule has 0 radical (unpaired) electrons. The van der Waals surface area contributed by atoms with Gasteiger partial charge in [-0.3, -0.25) is 0 Å². The molecule has 20 heavy (non-hydrogen) atoms. The second-order valence-corrected chi connectivity index (χ2v) is 7.21. The number of anilines is 2. The molecule has 1 aromatic rings. The Morgan fingerprint density at radius 2 is 2.05 bits per heavy atom. The van der Waals surface area contributed by atoms with Crippen LogP contribution in [0.1, 0.15) is 18.4 Å². The number of hydrogen-bond acceptors (Lipinski definition) is 4. The number of sulfone groups is 1. The standard InChI is InChI=1S/C12H15F3N2O2S/c13-12(14,15)8-3-4-11(10(16)6-8)17-7-9-2-1-5-20(9,18)19/h3-4,6,9,17H,1-2,5,7,16H2. The summed E-state index contributed by atoms with van der Waals surface area (Å²) >= 11 is 0. The van der Waals surface area contributed by atoms with Crippen molar-refractivity contribution in [3.63, 3.8) is 0 Å². The van der Waals surface area contributed by atoms with Gasteiger partial charge in [-0.2, -0.15) is 13.2 Å². The zero-order chi connectivity index (χ0) is 15.0. The van der Waals surface area contributed by atoms with Gasteiger partial charge in [-0.05, 0) is 31.0 Å². The maximum Gasteiger partial charge on any atom is 0.416 e. The molecule has 0 spiro atoms. The van der Waals surface area contributed by atoms with E-state index in [2.05, 4.69) is 5.32 Å². The average Bonchev–Trinajstić information content (AvgIpc) is 2.65. The molecule has 0 bridgehead atoms. The average molecular weight is 308 g/mol. The Kier molecular flexibility index (Phi) is 3.86. The summed E-state index contributed by atoms with van der Waals surface area (Å²) in [5, 5.41) is 2.32. The van der Waals surface area contributed by atoms with Crippen molar-refractivity contribution in [3.8, 4) is 0 Å². The van der Waals surface area contributed by atoms with Crippen molar-refractivity contribution in [2.75, 3.05) is 23.3 Å². The molecular formula is C12H15F3N2O2S. The SMILES string of the molecule is Nc1cc(C(F)(F)F)ccc1NCC1CCCS1(=O)=O. The topological polar surface area (TPSA) is 72.2 Å². The van der Waals surface area contributed by atoms with Crippen LogP contribution in [0.25, 0.3) is 0 Å². The molecule has 0 aromatic heterocycles. The molecule has 1 aliphatic heterocycles. The predicted molar refractivity (Wildman–Crippen MR) is 71.2 cm³/mol. The summed E-state index contributed by atoms with van der Waals surface area (Å²) in [6, 6.07) is 2.98. The number of halogens is 3. The summed E-state index contributed by atoms with van der Waals surface area (Å²) in [4.78, 5) is 0. The normalized spacial score (nSPS) is 21.9. The fraction of sp³-hybridized carbons (Fsp3) is 0.500. The Labute approximate surface area is 115 Å². The lowest BCUT2D eigenvalue weighted by atomic mass is 10.1. The molecule has 4 nitrogen and oxygen atoms in total. The molecule has 1 aliphatic rings. The highest BCUT2D eigenvalue weighted by Gasteiger charge is 2.32. The molecule has 3 N–H and O–H groups in total. The Morgan fingerprint density at radius 3 is 2.55 bits per heavy atom. The number of nitrogens with one attached hydrogen (secondary N) is 1. The van der Waals surface area contributed by atoms with Crippen LogP contribution in [0.15, 0.2) is 18.2 Å². The number of benzene rings is 1. The van der Waals surface area contributed by atoms with Gasteiger partial charge in [0.25, 0.3) is 0 Å². The van der Waals surface area contributed by atoms with Gasteiger partial charge < -0.3 is 11.1 Å². The van der Waals surface area contributed by atoms with Crippen molar-refractivity contribution in [1.82, 2.24) is 0 Å². The molecule has 1 saturated heterocycles. The van der Waals surface area contributed by atoms with Crippen molar-refractivity contribution >= 4 is 21.2 Å². The fourth-order valence-electron chi connectivity index (χ4n) is 2.21. The van der Waals surface area contributed by atoms with E-state index in [9.17, 15) is 21.6 Å². The number of alkyl halides is 3. The third-order valence-electron chi connectivity index (χ3n) is 3.36. The molecule has 0 saturated carbocycles. The maximum absolute atomic E-state index is 12.5. The predicted octanol–water partition coefficient (Wildman–Crippen LogP) is 2.28. The second-order valence-electron chi connectivity index (χ2n) is 4.81. The van der Waals surface area contributed by atoms with Crippen LogP contribution in [0.5, 0.6) is 0 Å². The van der Waals surface area contributed by atoms with E-state index in [4.69, 9.17) is 5.73 Å². The van der Waals surface area contributed by atoms with Crippen LogP contribution in [-0.2, 0) is 16.0 Å². The number of rotatable bonds is 3. The van der Waals surface area contributed by atoms with Gasteiger partial charge >= 0.3 is 6.18 Å². The van der Waals surface area contributed by atoms with E-state index >= 15 is 0 Å². The minimum absolute atomic E-state index is 0.0461. The van der Waals surface area contributed by atoms with E-state index in [-0.39, 0.29) is 18.0 Å². The van der Waals surface area contributed by atoms with Gasteiger partial charge in [0.15, 0.2) is 9.84 Å². The molecule has 1 fully saturated rings. The van der Waals surface area contributed by atoms with Gasteiger partial charge in [0.05, 0.1) is 27.9 Å². The minimum atomic E-state index is -4.44. The van der Waals surface area contributed by atoms with Crippen LogP contribution >= 0.6 is 0 Å². The first-order valence-corrected chi connectivity index (χ1v) is 7.84. The Bertz CT molecular complexity index is 599. The molecule has 8 heteroatoms. The van der Waals surface area contributed by atoms with Crippen LogP contribution in [0.3, 0.4) is 0 Å². The summed E-state index contributed by atoms with van der Waals surface area (Å²) in [6.07, 6.45) is -3.26. The first-order valence-electron chi connectivity index (χ1n) is 6.12. The molecule has 0 amide bonds. The van der Waals surface area contributed by atoms with Gasteiger partial charge in [0, 0.05) is 6.54 Å². The Hall–Kier alpha value is -1.44. The molecule has 0 aliphatic carbocycles. The van der Waals surface area contributed by atoms with Crippen LogP contribution in [0.4, 0.5) is 24.5 Å². The van der Waals surface area contributed by atoms with E-state index in [1.807, 2.05) is 0 Å². The highest BCUT2D eigenvalue weighted by Crippen LogP contribution is 2.33. The fourth-order valence-corrected chi connectivity index (χ4v) is 3.98. The number of nitrogens with two attached hydrogens (primary N) is 1. The molecule has 1 unspecified atom stereocenters. The first kappa shape index (κ1) is 15.0. The van der Waals surface area contributed by atoms with E-state index in [0.29, 0.717) is 18.5 Å². The van der Waals surface area contributed by atoms with E-state index in [0.717, 1.165) is 12.1 Å². The van der Waals surface area contributed by atoms with Crippen LogP contribution in [0.2, 0.25) is 0 Å². The largest absolute Gasteiger partial charge is 0.416 e. The van der Waals surface area contributed by atoms with E-state index in [1.165, 1.54) is 6.07 Å². The number of nitrogen functional groups attached to an aromatic ring is 1. The molecule has 1 atom stereocenters. The summed E-state index contributed by atoms with van der Waals surface area (Å²) in [5.74, 6) is 0.168. The first-order chi connectivity index (χ1) is 9.20. The minimum Gasteiger partial charge on any atom is -0.397 e. The van der Waals surface area contributed by atoms with Crippen LogP contribution in [-0.4, -0.2) is 26.0 Å². The maximum atomic E-state index is 12.5. The number of hydrogen-bond donors (Lipinski definition) is 2. The van der Waals surface area contributed by atoms with Gasteiger partial charge in [0.1, 0.15) is 0 Å². The van der Waals surface area contributed by atoms with Crippen molar-refractivity contribution in [2.24, 2.45) is 0 Å². The Balaban J connectivity index is 2.08. The van der Waals surface area contributed by atoms with E-state index < -0.39 is 26.8 Å². The second kappa shape index (κ2) is 5.16. The molecular weight excluding hydrogens is 293 g/mol. The van der Waals surface area contributed by atoms with Gasteiger partial charge in [-0.25, -0.2) is 8.42 Å². The summed E-state index contributed by atoms with van der Waals surface area (Å²) < 4.78 is 60.7. The van der Waals surface area contributed by atoms with Gasteiger partial charge in [0.2, 0.25) is 0 Å². The molecule has 2 rings (SSSR count). The third kappa shape index (κ3) is 3.17. The van der Waals surface area contributed by atoms with Crippen molar-refractivity contribution in [1.29, 1.82) is 0 Å². The van der Waals surface area contributed by atoms with Gasteiger partial charge in [-0.15, -0.1) is 0 Å². The Morgan fingerprint density at radius 1 is 1.35 bits per heavy atom. The summed E-state index contributed by atoms with van der Waals surface area (Å²) in [5.41, 5.74) is 5.01. The lowest BCUT2D eigenvalue weighted by Gasteiger charge is -2.15. The monoisotopic (exact) mass is 308 g/mol. The third-order valence-corrected chi connectivity index (χ3v) is 5.64. The van der Waals surface area contributed by atoms with Crippen molar-refractivity contribution in [2.45, 2.75) is 24.3 Å². The highest BCUT2D eigenvalue weighted by molar-refractivity contribution is 7.92. The van der Waals surface area contributed by atoms with Crippen LogP contribution < -0.4 is 11.1 Å². The molecule has 112 valence electrons. The lowest BCUT2D eigenvalue weighted by molar-refractivity contribution is -0.137. The zero-order valence-corrected chi connectivity index (χ0v) is 11.4. The smallest absolute Gasteiger partial charge is 0.397 e. The summed E-state index contributed by atoms with van der Waals surface area (Å²) in [7, 11) is -3.08.